The number of benzene rings is 1. The van der Waals surface area contributed by atoms with E-state index in [4.69, 9.17) is 4.74 Å². The lowest BCUT2D eigenvalue weighted by Gasteiger charge is -2.10. The van der Waals surface area contributed by atoms with Crippen LogP contribution in [0.5, 0.6) is 5.75 Å². The van der Waals surface area contributed by atoms with Crippen LogP contribution in [-0.2, 0) is 4.79 Å². The van der Waals surface area contributed by atoms with E-state index >= 15 is 0 Å². The van der Waals surface area contributed by atoms with Crippen molar-refractivity contribution in [2.45, 2.75) is 18.1 Å². The highest BCUT2D eigenvalue weighted by Gasteiger charge is 2.23. The van der Waals surface area contributed by atoms with Crippen molar-refractivity contribution in [3.05, 3.63) is 24.3 Å². The van der Waals surface area contributed by atoms with Crippen LogP contribution < -0.4 is 10.1 Å². The van der Waals surface area contributed by atoms with Crippen LogP contribution in [0.3, 0.4) is 0 Å². The molecule has 0 aromatic heterocycles. The van der Waals surface area contributed by atoms with Gasteiger partial charge in [-0.3, -0.25) is 4.79 Å². The molecule has 1 aromatic rings. The van der Waals surface area contributed by atoms with Gasteiger partial charge in [-0.1, -0.05) is 0 Å². The summed E-state index contributed by atoms with van der Waals surface area (Å²) in [6, 6.07) is 7.40. The molecular weight excluding hydrogens is 222 g/mol. The second-order valence-corrected chi connectivity index (χ2v) is 5.03. The third-order valence-corrected chi connectivity index (χ3v) is 3.96. The summed E-state index contributed by atoms with van der Waals surface area (Å²) in [7, 11) is 1.63. The predicted octanol–water partition coefficient (Wildman–Crippen LogP) is 2.53. The third kappa shape index (κ3) is 2.70. The standard InChI is InChI=1S/C12H15NO2S/c1-15-10-6-4-9(5-7-10)13-12(14)11-3-2-8-16-11/h4-7,11H,2-3,8H2,1H3,(H,13,14). The van der Waals surface area contributed by atoms with Gasteiger partial charge in [0.1, 0.15) is 5.75 Å². The number of carbonyl (C=O) groups is 1. The van der Waals surface area contributed by atoms with Gasteiger partial charge in [0.05, 0.1) is 12.4 Å². The van der Waals surface area contributed by atoms with Gasteiger partial charge in [0.2, 0.25) is 5.91 Å². The van der Waals surface area contributed by atoms with Gasteiger partial charge < -0.3 is 10.1 Å². The maximum Gasteiger partial charge on any atom is 0.237 e. The molecule has 3 nitrogen and oxygen atoms in total. The summed E-state index contributed by atoms with van der Waals surface area (Å²) in [5, 5.41) is 3.05. The number of anilines is 1. The largest absolute Gasteiger partial charge is 0.497 e. The third-order valence-electron chi connectivity index (χ3n) is 2.58. The SMILES string of the molecule is COc1ccc(NC(=O)C2CCCS2)cc1. The fourth-order valence-corrected chi connectivity index (χ4v) is 2.84. The van der Waals surface area contributed by atoms with Gasteiger partial charge in [-0.15, -0.1) is 11.8 Å². The lowest BCUT2D eigenvalue weighted by atomic mass is 10.2. The van der Waals surface area contributed by atoms with Crippen molar-refractivity contribution in [1.29, 1.82) is 0 Å². The Morgan fingerprint density at radius 3 is 2.75 bits per heavy atom. The van der Waals surface area contributed by atoms with Crippen LogP contribution in [0.4, 0.5) is 5.69 Å². The molecule has 16 heavy (non-hydrogen) atoms. The van der Waals surface area contributed by atoms with Crippen molar-refractivity contribution in [2.24, 2.45) is 0 Å². The van der Waals surface area contributed by atoms with E-state index in [1.54, 1.807) is 18.9 Å². The predicted molar refractivity (Wildman–Crippen MR) is 67.1 cm³/mol. The highest BCUT2D eigenvalue weighted by Crippen LogP contribution is 2.27. The summed E-state index contributed by atoms with van der Waals surface area (Å²) in [5.74, 6) is 2.02. The first kappa shape index (κ1) is 11.3. The highest BCUT2D eigenvalue weighted by atomic mass is 32.2. The van der Waals surface area contributed by atoms with E-state index in [2.05, 4.69) is 5.32 Å². The van der Waals surface area contributed by atoms with Crippen LogP contribution >= 0.6 is 11.8 Å². The van der Waals surface area contributed by atoms with Crippen molar-refractivity contribution in [3.8, 4) is 5.75 Å². The number of thioether (sulfide) groups is 1. The average molecular weight is 237 g/mol. The van der Waals surface area contributed by atoms with Gasteiger partial charge in [-0.2, -0.15) is 0 Å². The van der Waals surface area contributed by atoms with Crippen molar-refractivity contribution >= 4 is 23.4 Å². The summed E-state index contributed by atoms with van der Waals surface area (Å²) in [5.41, 5.74) is 0.832. The summed E-state index contributed by atoms with van der Waals surface area (Å²) < 4.78 is 5.06. The van der Waals surface area contributed by atoms with Crippen LogP contribution in [-0.4, -0.2) is 24.0 Å². The Kier molecular flexibility index (Phi) is 3.72. The van der Waals surface area contributed by atoms with Gasteiger partial charge in [0, 0.05) is 5.69 Å². The van der Waals surface area contributed by atoms with Crippen molar-refractivity contribution in [2.75, 3.05) is 18.2 Å². The van der Waals surface area contributed by atoms with Crippen LogP contribution in [0.15, 0.2) is 24.3 Å². The number of methoxy groups -OCH3 is 1. The number of hydrogen-bond donors (Lipinski definition) is 1. The quantitative estimate of drug-likeness (QED) is 0.878. The molecule has 1 fully saturated rings. The number of nitrogens with one attached hydrogen (secondary N) is 1. The van der Waals surface area contributed by atoms with E-state index in [0.29, 0.717) is 0 Å². The Bertz CT molecular complexity index is 358. The Morgan fingerprint density at radius 2 is 2.19 bits per heavy atom. The monoisotopic (exact) mass is 237 g/mol. The second-order valence-electron chi connectivity index (χ2n) is 3.72. The summed E-state index contributed by atoms with van der Waals surface area (Å²) in [4.78, 5) is 11.8. The first-order valence-electron chi connectivity index (χ1n) is 5.36. The minimum atomic E-state index is 0.118. The maximum absolute atomic E-state index is 11.8. The maximum atomic E-state index is 11.8. The molecule has 1 saturated heterocycles. The average Bonchev–Trinajstić information content (AvgIpc) is 2.83. The fraction of sp³-hybridized carbons (Fsp3) is 0.417. The molecule has 1 amide bonds. The number of hydrogen-bond acceptors (Lipinski definition) is 3. The molecule has 1 heterocycles. The first-order chi connectivity index (χ1) is 7.79. The van der Waals surface area contributed by atoms with E-state index in [1.165, 1.54) is 0 Å². The molecule has 1 aliphatic heterocycles. The van der Waals surface area contributed by atoms with Crippen LogP contribution in [0.2, 0.25) is 0 Å². The van der Waals surface area contributed by atoms with Crippen LogP contribution in [0.25, 0.3) is 0 Å². The summed E-state index contributed by atoms with van der Waals surface area (Å²) in [6.45, 7) is 0. The zero-order valence-electron chi connectivity index (χ0n) is 9.23. The van der Waals surface area contributed by atoms with E-state index in [9.17, 15) is 4.79 Å². The molecule has 1 N–H and O–H groups in total. The number of amides is 1. The fourth-order valence-electron chi connectivity index (χ4n) is 1.68. The molecule has 0 radical (unpaired) electrons. The Hall–Kier alpha value is -1.16. The molecule has 0 saturated carbocycles. The normalized spacial score (nSPS) is 19.4. The number of ether oxygens (including phenoxy) is 1. The van der Waals surface area contributed by atoms with E-state index in [1.807, 2.05) is 24.3 Å². The number of carbonyl (C=O) groups excluding carboxylic acids is 1. The van der Waals surface area contributed by atoms with E-state index in [-0.39, 0.29) is 11.2 Å². The zero-order chi connectivity index (χ0) is 11.4. The van der Waals surface area contributed by atoms with E-state index < -0.39 is 0 Å². The van der Waals surface area contributed by atoms with Crippen LogP contribution in [0.1, 0.15) is 12.8 Å². The lowest BCUT2D eigenvalue weighted by Crippen LogP contribution is -2.22. The molecule has 0 bridgehead atoms. The lowest BCUT2D eigenvalue weighted by molar-refractivity contribution is -0.115. The molecule has 1 unspecified atom stereocenters. The summed E-state index contributed by atoms with van der Waals surface area (Å²) >= 11 is 1.74. The van der Waals surface area contributed by atoms with Gasteiger partial charge in [0.25, 0.3) is 0 Å². The number of rotatable bonds is 3. The van der Waals surface area contributed by atoms with Gasteiger partial charge in [-0.05, 0) is 42.9 Å². The Labute approximate surface area is 99.6 Å². The molecular formula is C12H15NO2S. The van der Waals surface area contributed by atoms with E-state index in [0.717, 1.165) is 30.0 Å². The molecule has 1 aromatic carbocycles. The molecule has 0 spiro atoms. The smallest absolute Gasteiger partial charge is 0.237 e. The van der Waals surface area contributed by atoms with Gasteiger partial charge >= 0.3 is 0 Å². The molecule has 86 valence electrons. The van der Waals surface area contributed by atoms with Crippen molar-refractivity contribution < 1.29 is 9.53 Å². The molecule has 2 rings (SSSR count). The van der Waals surface area contributed by atoms with Crippen molar-refractivity contribution in [1.82, 2.24) is 0 Å². The summed E-state index contributed by atoms with van der Waals surface area (Å²) in [6.07, 6.45) is 2.14. The molecule has 1 atom stereocenters. The molecule has 0 aliphatic carbocycles. The van der Waals surface area contributed by atoms with Gasteiger partial charge in [-0.25, -0.2) is 0 Å². The minimum Gasteiger partial charge on any atom is -0.497 e. The molecule has 1 aliphatic rings. The van der Waals surface area contributed by atoms with Crippen molar-refractivity contribution in [3.63, 3.8) is 0 Å². The topological polar surface area (TPSA) is 38.3 Å². The minimum absolute atomic E-state index is 0.118. The van der Waals surface area contributed by atoms with Crippen LogP contribution in [0, 0.1) is 0 Å². The Balaban J connectivity index is 1.94. The first-order valence-corrected chi connectivity index (χ1v) is 6.41. The van der Waals surface area contributed by atoms with Gasteiger partial charge in [0.15, 0.2) is 0 Å². The Morgan fingerprint density at radius 1 is 1.44 bits per heavy atom. The highest BCUT2D eigenvalue weighted by molar-refractivity contribution is 8.00. The zero-order valence-corrected chi connectivity index (χ0v) is 10.0. The second kappa shape index (κ2) is 5.25. The molecule has 4 heteroatoms.